The van der Waals surface area contributed by atoms with Crippen LogP contribution >= 0.6 is 0 Å². The smallest absolute Gasteiger partial charge is 0.295 e. The van der Waals surface area contributed by atoms with Gasteiger partial charge in [0.2, 0.25) is 0 Å². The molecule has 0 radical (unpaired) electrons. The van der Waals surface area contributed by atoms with Crippen LogP contribution in [0.25, 0.3) is 5.76 Å². The molecule has 7 heteroatoms. The first-order chi connectivity index (χ1) is 15.1. The summed E-state index contributed by atoms with van der Waals surface area (Å²) in [4.78, 5) is 31.5. The highest BCUT2D eigenvalue weighted by Crippen LogP contribution is 2.39. The molecule has 31 heavy (non-hydrogen) atoms. The molecule has 4 rings (SSSR count). The number of aromatic nitrogens is 2. The van der Waals surface area contributed by atoms with Crippen molar-refractivity contribution < 1.29 is 19.4 Å². The van der Waals surface area contributed by atoms with Crippen LogP contribution in [-0.2, 0) is 16.1 Å². The molecule has 1 aromatic heterocycles. The van der Waals surface area contributed by atoms with Crippen LogP contribution in [-0.4, -0.2) is 44.9 Å². The molecule has 158 valence electrons. The fraction of sp³-hybridized carbons (Fsp3) is 0.208. The Kier molecular flexibility index (Phi) is 5.84. The Balaban J connectivity index is 1.72. The number of aliphatic hydroxyl groups excluding tert-OH is 1. The fourth-order valence-corrected chi connectivity index (χ4v) is 3.84. The van der Waals surface area contributed by atoms with E-state index in [9.17, 15) is 14.7 Å². The zero-order valence-corrected chi connectivity index (χ0v) is 17.1. The second-order valence-corrected chi connectivity index (χ2v) is 7.29. The average Bonchev–Trinajstić information content (AvgIpc) is 3.41. The first kappa shape index (κ1) is 20.4. The number of rotatable bonds is 7. The van der Waals surface area contributed by atoms with E-state index >= 15 is 0 Å². The standard InChI is InChI=1S/C24H23N3O4/c1-31-19-10-8-17(9-11-19)21-20(22(28)18-6-3-2-4-7-18)23(29)24(30)27(21)14-5-13-26-15-12-25-16-26/h2-4,6-12,15-16,21,28H,5,13-14H2,1H3/b22-20-. The summed E-state index contributed by atoms with van der Waals surface area (Å²) in [6.07, 6.45) is 5.90. The van der Waals surface area contributed by atoms with E-state index in [1.54, 1.807) is 56.0 Å². The van der Waals surface area contributed by atoms with Gasteiger partial charge in [-0.25, -0.2) is 4.98 Å². The van der Waals surface area contributed by atoms with Crippen molar-refractivity contribution in [3.8, 4) is 5.75 Å². The van der Waals surface area contributed by atoms with Gasteiger partial charge in [0, 0.05) is 31.0 Å². The highest BCUT2D eigenvalue weighted by atomic mass is 16.5. The van der Waals surface area contributed by atoms with Gasteiger partial charge in [-0.3, -0.25) is 9.59 Å². The van der Waals surface area contributed by atoms with Crippen LogP contribution in [0.4, 0.5) is 0 Å². The molecule has 1 amide bonds. The maximum Gasteiger partial charge on any atom is 0.295 e. The van der Waals surface area contributed by atoms with Gasteiger partial charge < -0.3 is 19.3 Å². The van der Waals surface area contributed by atoms with Crippen molar-refractivity contribution in [3.05, 3.63) is 90.0 Å². The lowest BCUT2D eigenvalue weighted by Crippen LogP contribution is -2.31. The van der Waals surface area contributed by atoms with E-state index < -0.39 is 17.7 Å². The maximum absolute atomic E-state index is 13.0. The molecule has 1 saturated heterocycles. The molecular weight excluding hydrogens is 394 g/mol. The van der Waals surface area contributed by atoms with Crippen molar-refractivity contribution in [1.29, 1.82) is 0 Å². The Labute approximate surface area is 180 Å². The van der Waals surface area contributed by atoms with Crippen molar-refractivity contribution in [2.24, 2.45) is 0 Å². The predicted octanol–water partition coefficient (Wildman–Crippen LogP) is 3.40. The molecule has 0 bridgehead atoms. The number of Topliss-reactive ketones (excluding diaryl/α,β-unsaturated/α-hetero) is 1. The summed E-state index contributed by atoms with van der Waals surface area (Å²) >= 11 is 0. The maximum atomic E-state index is 13.0. The minimum absolute atomic E-state index is 0.101. The van der Waals surface area contributed by atoms with Crippen LogP contribution in [0.2, 0.25) is 0 Å². The largest absolute Gasteiger partial charge is 0.507 e. The van der Waals surface area contributed by atoms with Gasteiger partial charge in [-0.15, -0.1) is 0 Å². The van der Waals surface area contributed by atoms with Crippen LogP contribution in [0, 0.1) is 0 Å². The molecule has 1 N–H and O–H groups in total. The van der Waals surface area contributed by atoms with Crippen LogP contribution in [0.1, 0.15) is 23.6 Å². The van der Waals surface area contributed by atoms with Crippen molar-refractivity contribution in [2.45, 2.75) is 19.0 Å². The summed E-state index contributed by atoms with van der Waals surface area (Å²) in [5.41, 5.74) is 1.33. The molecule has 0 saturated carbocycles. The molecule has 7 nitrogen and oxygen atoms in total. The number of nitrogens with zero attached hydrogens (tertiary/aromatic N) is 3. The van der Waals surface area contributed by atoms with Gasteiger partial charge in [-0.05, 0) is 24.1 Å². The number of aliphatic hydroxyl groups is 1. The normalized spacial score (nSPS) is 17.8. The second kappa shape index (κ2) is 8.87. The van der Waals surface area contributed by atoms with Crippen LogP contribution < -0.4 is 4.74 Å². The number of hydrogen-bond donors (Lipinski definition) is 1. The number of likely N-dealkylation sites (tertiary alicyclic amines) is 1. The third-order valence-electron chi connectivity index (χ3n) is 5.39. The average molecular weight is 417 g/mol. The lowest BCUT2D eigenvalue weighted by molar-refractivity contribution is -0.139. The van der Waals surface area contributed by atoms with Gasteiger partial charge in [0.05, 0.1) is 25.1 Å². The number of imidazole rings is 1. The molecule has 0 aliphatic carbocycles. The summed E-state index contributed by atoms with van der Waals surface area (Å²) in [6, 6.07) is 15.3. The Bertz CT molecular complexity index is 1090. The van der Waals surface area contributed by atoms with E-state index in [1.807, 2.05) is 29.0 Å². The molecule has 1 aliphatic heterocycles. The molecule has 1 unspecified atom stereocenters. The van der Waals surface area contributed by atoms with Crippen molar-refractivity contribution in [2.75, 3.05) is 13.7 Å². The Morgan fingerprint density at radius 2 is 1.81 bits per heavy atom. The topological polar surface area (TPSA) is 84.7 Å². The predicted molar refractivity (Wildman–Crippen MR) is 115 cm³/mol. The molecule has 2 aromatic carbocycles. The van der Waals surface area contributed by atoms with Crippen LogP contribution in [0.3, 0.4) is 0 Å². The van der Waals surface area contributed by atoms with Gasteiger partial charge in [0.1, 0.15) is 11.5 Å². The Morgan fingerprint density at radius 3 is 2.45 bits per heavy atom. The molecule has 1 aliphatic rings. The number of ketones is 1. The molecule has 1 atom stereocenters. The molecule has 3 aromatic rings. The van der Waals surface area contributed by atoms with Crippen LogP contribution in [0.15, 0.2) is 78.9 Å². The summed E-state index contributed by atoms with van der Waals surface area (Å²) in [6.45, 7) is 1.03. The molecule has 0 spiro atoms. The Hall–Kier alpha value is -3.87. The minimum Gasteiger partial charge on any atom is -0.507 e. The lowest BCUT2D eigenvalue weighted by atomic mass is 9.95. The van der Waals surface area contributed by atoms with Gasteiger partial charge >= 0.3 is 0 Å². The zero-order chi connectivity index (χ0) is 21.8. The van der Waals surface area contributed by atoms with Gasteiger partial charge in [-0.1, -0.05) is 42.5 Å². The summed E-state index contributed by atoms with van der Waals surface area (Å²) in [5, 5.41) is 11.0. The van der Waals surface area contributed by atoms with Crippen molar-refractivity contribution >= 4 is 17.4 Å². The first-order valence-electron chi connectivity index (χ1n) is 10.0. The lowest BCUT2D eigenvalue weighted by Gasteiger charge is -2.25. The number of benzene rings is 2. The SMILES string of the molecule is COc1ccc(C2/C(=C(/O)c3ccccc3)C(=O)C(=O)N2CCCn2ccnc2)cc1. The Morgan fingerprint density at radius 1 is 1.06 bits per heavy atom. The number of ether oxygens (including phenoxy) is 1. The summed E-state index contributed by atoms with van der Waals surface area (Å²) in [7, 11) is 1.58. The summed E-state index contributed by atoms with van der Waals surface area (Å²) in [5.74, 6) is -0.783. The number of aryl methyl sites for hydroxylation is 1. The number of amides is 1. The molecular formula is C24H23N3O4. The fourth-order valence-electron chi connectivity index (χ4n) is 3.84. The number of hydrogen-bond acceptors (Lipinski definition) is 5. The number of carbonyl (C=O) groups is 2. The van der Waals surface area contributed by atoms with E-state index in [4.69, 9.17) is 4.74 Å². The minimum atomic E-state index is -0.676. The van der Waals surface area contributed by atoms with Crippen molar-refractivity contribution in [3.63, 3.8) is 0 Å². The second-order valence-electron chi connectivity index (χ2n) is 7.29. The third kappa shape index (κ3) is 4.07. The van der Waals surface area contributed by atoms with Crippen molar-refractivity contribution in [1.82, 2.24) is 14.5 Å². The van der Waals surface area contributed by atoms with E-state index in [0.717, 1.165) is 5.56 Å². The monoisotopic (exact) mass is 417 g/mol. The van der Waals surface area contributed by atoms with E-state index in [1.165, 1.54) is 4.90 Å². The van der Waals surface area contributed by atoms with E-state index in [2.05, 4.69) is 4.98 Å². The van der Waals surface area contributed by atoms with Gasteiger partial charge in [0.15, 0.2) is 0 Å². The zero-order valence-electron chi connectivity index (χ0n) is 17.1. The van der Waals surface area contributed by atoms with Gasteiger partial charge in [0.25, 0.3) is 11.7 Å². The number of carbonyl (C=O) groups excluding carboxylic acids is 2. The highest BCUT2D eigenvalue weighted by Gasteiger charge is 2.45. The molecule has 1 fully saturated rings. The number of methoxy groups -OCH3 is 1. The third-order valence-corrected chi connectivity index (χ3v) is 5.39. The molecule has 2 heterocycles. The highest BCUT2D eigenvalue weighted by molar-refractivity contribution is 6.46. The van der Waals surface area contributed by atoms with E-state index in [-0.39, 0.29) is 11.3 Å². The first-order valence-corrected chi connectivity index (χ1v) is 10.0. The quantitative estimate of drug-likeness (QED) is 0.362. The van der Waals surface area contributed by atoms with E-state index in [0.29, 0.717) is 30.8 Å². The van der Waals surface area contributed by atoms with Crippen LogP contribution in [0.5, 0.6) is 5.75 Å². The summed E-state index contributed by atoms with van der Waals surface area (Å²) < 4.78 is 7.15. The van der Waals surface area contributed by atoms with Gasteiger partial charge in [-0.2, -0.15) is 0 Å².